The van der Waals surface area contributed by atoms with E-state index in [4.69, 9.17) is 4.74 Å². The van der Waals surface area contributed by atoms with Crippen molar-refractivity contribution in [3.8, 4) is 0 Å². The molecule has 1 fully saturated rings. The molecule has 2 aromatic rings. The number of piperidine rings is 1. The second-order valence-corrected chi connectivity index (χ2v) is 7.48. The highest BCUT2D eigenvalue weighted by Gasteiger charge is 2.52. The number of ether oxygens (including phenoxy) is 1. The minimum atomic E-state index is -0.947. The van der Waals surface area contributed by atoms with E-state index >= 15 is 0 Å². The van der Waals surface area contributed by atoms with Gasteiger partial charge in [0.05, 0.1) is 18.2 Å². The average Bonchev–Trinajstić information content (AvgIpc) is 3.00. The lowest BCUT2D eigenvalue weighted by molar-refractivity contribution is -0.164. The number of benzene rings is 1. The van der Waals surface area contributed by atoms with Gasteiger partial charge in [-0.3, -0.25) is 4.79 Å². The minimum Gasteiger partial charge on any atom is -0.498 e. The number of rotatable bonds is 1. The SMILES string of the molecule is C[C@@H]1OC=CC2CC3c4[nH]c5ccccc5c4C[C@@H](C(=O)O)N3C(=O)C21.[HH].[HH].[HH]. The fraction of sp³-hybridized carbons (Fsp3) is 0.400. The highest BCUT2D eigenvalue weighted by Crippen LogP contribution is 2.47. The Balaban J connectivity index is 0.000001000. The van der Waals surface area contributed by atoms with E-state index in [1.165, 1.54) is 0 Å². The van der Waals surface area contributed by atoms with Gasteiger partial charge >= 0.3 is 5.97 Å². The lowest BCUT2D eigenvalue weighted by Crippen LogP contribution is -2.59. The normalized spacial score (nSPS) is 32.6. The number of para-hydroxylation sites is 1. The zero-order chi connectivity index (χ0) is 18.0. The lowest BCUT2D eigenvalue weighted by Gasteiger charge is -2.49. The number of aromatic amines is 1. The van der Waals surface area contributed by atoms with Gasteiger partial charge in [0.25, 0.3) is 0 Å². The van der Waals surface area contributed by atoms with Gasteiger partial charge in [-0.2, -0.15) is 0 Å². The van der Waals surface area contributed by atoms with E-state index in [1.54, 1.807) is 11.2 Å². The number of hydrogen-bond acceptors (Lipinski definition) is 3. The van der Waals surface area contributed by atoms with Crippen LogP contribution in [0.5, 0.6) is 0 Å². The predicted molar refractivity (Wildman–Crippen MR) is 101 cm³/mol. The van der Waals surface area contributed by atoms with Crippen LogP contribution in [-0.4, -0.2) is 39.0 Å². The zero-order valence-electron chi connectivity index (χ0n) is 14.4. The van der Waals surface area contributed by atoms with Gasteiger partial charge in [0.15, 0.2) is 0 Å². The van der Waals surface area contributed by atoms with E-state index in [0.717, 1.165) is 22.2 Å². The van der Waals surface area contributed by atoms with Crippen molar-refractivity contribution >= 4 is 22.8 Å². The first kappa shape index (κ1) is 15.5. The summed E-state index contributed by atoms with van der Waals surface area (Å²) in [5.74, 6) is -1.30. The number of carbonyl (C=O) groups excluding carboxylic acids is 1. The number of aromatic nitrogens is 1. The molecule has 5 rings (SSSR count). The van der Waals surface area contributed by atoms with Crippen molar-refractivity contribution in [3.63, 3.8) is 0 Å². The molecular formula is C20H26N2O4. The molecule has 1 aromatic heterocycles. The van der Waals surface area contributed by atoms with Crippen LogP contribution in [0.3, 0.4) is 0 Å². The molecule has 4 heterocycles. The number of carbonyl (C=O) groups is 2. The maximum absolute atomic E-state index is 13.3. The number of allylic oxidation sites excluding steroid dienone is 1. The Hall–Kier alpha value is -2.76. The number of carboxylic acids is 1. The van der Waals surface area contributed by atoms with Gasteiger partial charge in [-0.25, -0.2) is 4.79 Å². The van der Waals surface area contributed by atoms with E-state index < -0.39 is 12.0 Å². The zero-order valence-corrected chi connectivity index (χ0v) is 14.4. The smallest absolute Gasteiger partial charge is 0.326 e. The van der Waals surface area contributed by atoms with E-state index in [9.17, 15) is 14.7 Å². The van der Waals surface area contributed by atoms with Crippen LogP contribution in [0.2, 0.25) is 0 Å². The van der Waals surface area contributed by atoms with E-state index in [-0.39, 0.29) is 34.2 Å². The summed E-state index contributed by atoms with van der Waals surface area (Å²) in [5, 5.41) is 10.9. The van der Waals surface area contributed by atoms with Crippen LogP contribution in [0.4, 0.5) is 0 Å². The van der Waals surface area contributed by atoms with E-state index in [1.807, 2.05) is 37.3 Å². The molecule has 3 aliphatic rings. The summed E-state index contributed by atoms with van der Waals surface area (Å²) in [6.07, 6.45) is 4.44. The Labute approximate surface area is 154 Å². The predicted octanol–water partition coefficient (Wildman–Crippen LogP) is 3.35. The molecule has 0 saturated carbocycles. The molecular weight excluding hydrogens is 332 g/mol. The third kappa shape index (κ3) is 1.98. The molecule has 1 saturated heterocycles. The Morgan fingerprint density at radius 1 is 1.38 bits per heavy atom. The number of fused-ring (bicyclic) bond motifs is 6. The van der Waals surface area contributed by atoms with Gasteiger partial charge in [0.1, 0.15) is 12.1 Å². The number of hydrogen-bond donors (Lipinski definition) is 2. The highest BCUT2D eigenvalue weighted by molar-refractivity contribution is 5.91. The molecule has 140 valence electrons. The van der Waals surface area contributed by atoms with Gasteiger partial charge in [0.2, 0.25) is 5.91 Å². The molecule has 2 N–H and O–H groups in total. The van der Waals surface area contributed by atoms with Crippen molar-refractivity contribution in [2.24, 2.45) is 11.8 Å². The standard InChI is InChI=1S/C20H20N2O4.3H2/c1-10-17-11(6-7-26-10)8-15-18-13(12-4-2-3-5-14(12)21-18)9-16(20(24)25)22(15)19(17)23;;;/h2-7,10-11,15-17,21H,8-9H2,1H3,(H,24,25);3*1H/t10-,11?,15?,16-,17?;;;/m0.../s1. The van der Waals surface area contributed by atoms with Crippen molar-refractivity contribution in [2.75, 3.05) is 0 Å². The Bertz CT molecular complexity index is 960. The molecule has 1 amide bonds. The Morgan fingerprint density at radius 2 is 2.19 bits per heavy atom. The third-order valence-corrected chi connectivity index (χ3v) is 6.15. The molecule has 3 unspecified atom stereocenters. The number of aliphatic carboxylic acids is 1. The van der Waals surface area contributed by atoms with Crippen LogP contribution in [0, 0.1) is 11.8 Å². The fourth-order valence-corrected chi connectivity index (χ4v) is 4.98. The van der Waals surface area contributed by atoms with Crippen molar-refractivity contribution in [3.05, 3.63) is 47.9 Å². The van der Waals surface area contributed by atoms with Gasteiger partial charge in [-0.05, 0) is 37.0 Å². The summed E-state index contributed by atoms with van der Waals surface area (Å²) in [7, 11) is 0. The molecule has 26 heavy (non-hydrogen) atoms. The quantitative estimate of drug-likeness (QED) is 0.819. The van der Waals surface area contributed by atoms with Crippen LogP contribution < -0.4 is 0 Å². The average molecular weight is 358 g/mol. The topological polar surface area (TPSA) is 82.6 Å². The molecule has 1 aromatic carbocycles. The van der Waals surface area contributed by atoms with Crippen molar-refractivity contribution in [1.82, 2.24) is 9.88 Å². The van der Waals surface area contributed by atoms with Crippen LogP contribution >= 0.6 is 0 Å². The fourth-order valence-electron chi connectivity index (χ4n) is 4.98. The van der Waals surface area contributed by atoms with Gasteiger partial charge in [-0.15, -0.1) is 0 Å². The number of H-pyrrole nitrogens is 1. The largest absolute Gasteiger partial charge is 0.498 e. The molecule has 6 heteroatoms. The van der Waals surface area contributed by atoms with Crippen molar-refractivity contribution in [1.29, 1.82) is 0 Å². The van der Waals surface area contributed by atoms with Gasteiger partial charge in [-0.1, -0.05) is 18.2 Å². The molecule has 5 atom stereocenters. The third-order valence-electron chi connectivity index (χ3n) is 6.15. The van der Waals surface area contributed by atoms with Crippen LogP contribution in [-0.2, 0) is 20.7 Å². The highest BCUT2D eigenvalue weighted by atomic mass is 16.5. The lowest BCUT2D eigenvalue weighted by atomic mass is 9.74. The van der Waals surface area contributed by atoms with Crippen LogP contribution in [0.25, 0.3) is 10.9 Å². The molecule has 0 bridgehead atoms. The second-order valence-electron chi connectivity index (χ2n) is 7.48. The second kappa shape index (κ2) is 5.37. The summed E-state index contributed by atoms with van der Waals surface area (Å²) in [6.45, 7) is 1.88. The Morgan fingerprint density at radius 3 is 3.00 bits per heavy atom. The summed E-state index contributed by atoms with van der Waals surface area (Å²) < 4.78 is 5.53. The van der Waals surface area contributed by atoms with E-state index in [2.05, 4.69) is 4.98 Å². The summed E-state index contributed by atoms with van der Waals surface area (Å²) in [6, 6.07) is 6.86. The molecule has 0 spiro atoms. The molecule has 0 radical (unpaired) electrons. The molecule has 0 aliphatic carbocycles. The maximum atomic E-state index is 13.3. The number of nitrogens with one attached hydrogen (secondary N) is 1. The van der Waals surface area contributed by atoms with E-state index in [0.29, 0.717) is 12.8 Å². The minimum absolute atomic E-state index is 0. The molecule has 6 nitrogen and oxygen atoms in total. The summed E-state index contributed by atoms with van der Waals surface area (Å²) in [5.41, 5.74) is 3.02. The first-order valence-electron chi connectivity index (χ1n) is 9.03. The van der Waals surface area contributed by atoms with Gasteiger partial charge < -0.3 is 19.7 Å². The van der Waals surface area contributed by atoms with Crippen LogP contribution in [0.15, 0.2) is 36.6 Å². The maximum Gasteiger partial charge on any atom is 0.326 e. The first-order chi connectivity index (χ1) is 12.6. The summed E-state index contributed by atoms with van der Waals surface area (Å²) >= 11 is 0. The van der Waals surface area contributed by atoms with Crippen molar-refractivity contribution < 1.29 is 23.7 Å². The number of amides is 1. The van der Waals surface area contributed by atoms with Crippen molar-refractivity contribution in [2.45, 2.75) is 38.0 Å². The Kier molecular flexibility index (Phi) is 3.20. The number of nitrogens with zero attached hydrogens (tertiary/aromatic N) is 1. The summed E-state index contributed by atoms with van der Waals surface area (Å²) in [4.78, 5) is 30.4. The first-order valence-corrected chi connectivity index (χ1v) is 9.03. The monoisotopic (exact) mass is 358 g/mol. The number of carboxylic acid groups (broad SMARTS) is 1. The van der Waals surface area contributed by atoms with Gasteiger partial charge in [0, 0.05) is 27.3 Å². The molecule has 3 aliphatic heterocycles. The van der Waals surface area contributed by atoms with Crippen LogP contribution in [0.1, 0.15) is 34.9 Å².